The fourth-order valence-electron chi connectivity index (χ4n) is 2.24. The molecule has 0 bridgehead atoms. The highest BCUT2D eigenvalue weighted by atomic mass is 35.5. The Hall–Kier alpha value is -2.18. The van der Waals surface area contributed by atoms with E-state index in [4.69, 9.17) is 33.0 Å². The molecule has 0 saturated carbocycles. The molecule has 158 valence electrons. The minimum atomic E-state index is -3.97. The maximum atomic E-state index is 12.5. The van der Waals surface area contributed by atoms with Crippen LogP contribution in [0.1, 0.15) is 23.0 Å². The molecule has 0 aliphatic rings. The SMILES string of the molecule is COC[C@@H](C)NC(=S)NNC(=O)c1ccc(Cl)c(S(=O)(=O)NCc2ccco2)c1. The number of ether oxygens (including phenoxy) is 1. The lowest BCUT2D eigenvalue weighted by molar-refractivity contribution is 0.0943. The van der Waals surface area contributed by atoms with E-state index in [9.17, 15) is 13.2 Å². The van der Waals surface area contributed by atoms with Gasteiger partial charge in [-0.15, -0.1) is 0 Å². The van der Waals surface area contributed by atoms with Crippen LogP contribution in [0, 0.1) is 0 Å². The van der Waals surface area contributed by atoms with Gasteiger partial charge in [0.25, 0.3) is 5.91 Å². The van der Waals surface area contributed by atoms with Gasteiger partial charge < -0.3 is 14.5 Å². The zero-order valence-electron chi connectivity index (χ0n) is 15.7. The molecule has 1 aromatic heterocycles. The molecule has 0 saturated heterocycles. The number of hydrogen-bond donors (Lipinski definition) is 4. The Morgan fingerprint density at radius 1 is 1.31 bits per heavy atom. The first-order valence-electron chi connectivity index (χ1n) is 8.40. The Morgan fingerprint density at radius 2 is 2.07 bits per heavy atom. The van der Waals surface area contributed by atoms with Crippen LogP contribution in [-0.2, 0) is 21.3 Å². The number of amides is 1. The number of sulfonamides is 1. The predicted octanol–water partition coefficient (Wildman–Crippen LogP) is 1.56. The van der Waals surface area contributed by atoms with E-state index in [1.807, 2.05) is 6.92 Å². The molecule has 0 unspecified atom stereocenters. The van der Waals surface area contributed by atoms with E-state index in [1.54, 1.807) is 19.2 Å². The third-order valence-electron chi connectivity index (χ3n) is 3.58. The maximum absolute atomic E-state index is 12.5. The van der Waals surface area contributed by atoms with E-state index >= 15 is 0 Å². The van der Waals surface area contributed by atoms with Gasteiger partial charge in [0.05, 0.1) is 24.4 Å². The fraction of sp³-hybridized carbons (Fsp3) is 0.294. The summed E-state index contributed by atoms with van der Waals surface area (Å²) in [5.74, 6) is -0.154. The van der Waals surface area contributed by atoms with Crippen molar-refractivity contribution in [2.45, 2.75) is 24.4 Å². The van der Waals surface area contributed by atoms with E-state index < -0.39 is 15.9 Å². The minimum absolute atomic E-state index is 0.0213. The van der Waals surface area contributed by atoms with Crippen molar-refractivity contribution in [1.29, 1.82) is 0 Å². The lowest BCUT2D eigenvalue weighted by Gasteiger charge is -2.16. The van der Waals surface area contributed by atoms with Crippen LogP contribution in [0.15, 0.2) is 45.9 Å². The monoisotopic (exact) mass is 460 g/mol. The predicted molar refractivity (Wildman–Crippen MR) is 112 cm³/mol. The Bertz CT molecular complexity index is 951. The summed E-state index contributed by atoms with van der Waals surface area (Å²) in [4.78, 5) is 12.1. The molecule has 2 rings (SSSR count). The van der Waals surface area contributed by atoms with E-state index in [0.717, 1.165) is 0 Å². The van der Waals surface area contributed by atoms with Gasteiger partial charge >= 0.3 is 0 Å². The molecular weight excluding hydrogens is 440 g/mol. The van der Waals surface area contributed by atoms with Gasteiger partial charge in [0.1, 0.15) is 10.7 Å². The lowest BCUT2D eigenvalue weighted by atomic mass is 10.2. The summed E-state index contributed by atoms with van der Waals surface area (Å²) in [5, 5.41) is 3.07. The number of carbonyl (C=O) groups excluding carboxylic acids is 1. The smallest absolute Gasteiger partial charge is 0.269 e. The molecule has 1 atom stereocenters. The molecule has 29 heavy (non-hydrogen) atoms. The van der Waals surface area contributed by atoms with Crippen molar-refractivity contribution in [3.05, 3.63) is 52.9 Å². The summed E-state index contributed by atoms with van der Waals surface area (Å²) in [7, 11) is -2.41. The number of methoxy groups -OCH3 is 1. The van der Waals surface area contributed by atoms with Crippen molar-refractivity contribution in [3.8, 4) is 0 Å². The second-order valence-corrected chi connectivity index (χ2v) is 8.51. The molecule has 0 fully saturated rings. The Balaban J connectivity index is 2.03. The highest BCUT2D eigenvalue weighted by Gasteiger charge is 2.20. The molecule has 12 heteroatoms. The Kier molecular flexibility index (Phi) is 8.41. The molecule has 0 radical (unpaired) electrons. The van der Waals surface area contributed by atoms with Crippen molar-refractivity contribution in [3.63, 3.8) is 0 Å². The normalized spacial score (nSPS) is 12.2. The Morgan fingerprint density at radius 3 is 2.72 bits per heavy atom. The van der Waals surface area contributed by atoms with Crippen LogP contribution in [0.2, 0.25) is 5.02 Å². The number of furan rings is 1. The van der Waals surface area contributed by atoms with Crippen LogP contribution in [0.5, 0.6) is 0 Å². The third-order valence-corrected chi connectivity index (χ3v) is 5.69. The molecule has 1 aromatic carbocycles. The number of hydrazine groups is 1. The average molecular weight is 461 g/mol. The van der Waals surface area contributed by atoms with Crippen molar-refractivity contribution in [2.24, 2.45) is 0 Å². The van der Waals surface area contributed by atoms with E-state index in [2.05, 4.69) is 20.9 Å². The zero-order valence-corrected chi connectivity index (χ0v) is 18.1. The summed E-state index contributed by atoms with van der Waals surface area (Å²) in [5.41, 5.74) is 5.01. The molecule has 9 nitrogen and oxygen atoms in total. The number of hydrogen-bond acceptors (Lipinski definition) is 6. The van der Waals surface area contributed by atoms with E-state index in [0.29, 0.717) is 12.4 Å². The number of benzene rings is 1. The number of halogens is 1. The molecule has 1 heterocycles. The van der Waals surface area contributed by atoms with Crippen LogP contribution in [-0.4, -0.2) is 39.2 Å². The highest BCUT2D eigenvalue weighted by molar-refractivity contribution is 7.89. The summed E-state index contributed by atoms with van der Waals surface area (Å²) >= 11 is 11.1. The van der Waals surface area contributed by atoms with Crippen LogP contribution < -0.4 is 20.9 Å². The van der Waals surface area contributed by atoms with Gasteiger partial charge in [-0.05, 0) is 49.5 Å². The van der Waals surface area contributed by atoms with Gasteiger partial charge in [-0.1, -0.05) is 11.6 Å². The molecule has 0 spiro atoms. The zero-order chi connectivity index (χ0) is 21.4. The van der Waals surface area contributed by atoms with Gasteiger partial charge in [0.15, 0.2) is 5.11 Å². The maximum Gasteiger partial charge on any atom is 0.269 e. The quantitative estimate of drug-likeness (QED) is 0.346. The summed E-state index contributed by atoms with van der Waals surface area (Å²) in [6, 6.07) is 7.11. The van der Waals surface area contributed by atoms with Crippen LogP contribution in [0.25, 0.3) is 0 Å². The van der Waals surface area contributed by atoms with Gasteiger partial charge in [-0.2, -0.15) is 0 Å². The average Bonchev–Trinajstić information content (AvgIpc) is 3.18. The highest BCUT2D eigenvalue weighted by Crippen LogP contribution is 2.23. The molecular formula is C17H21ClN4O5S2. The van der Waals surface area contributed by atoms with Crippen molar-refractivity contribution < 1.29 is 22.4 Å². The molecule has 0 aliphatic heterocycles. The lowest BCUT2D eigenvalue weighted by Crippen LogP contribution is -2.49. The second-order valence-electron chi connectivity index (χ2n) is 5.96. The number of thiocarbonyl (C=S) groups is 1. The first-order valence-corrected chi connectivity index (χ1v) is 10.7. The van der Waals surface area contributed by atoms with Gasteiger partial charge in [-0.25, -0.2) is 13.1 Å². The summed E-state index contributed by atoms with van der Waals surface area (Å²) in [6.45, 7) is 2.23. The second kappa shape index (κ2) is 10.6. The third kappa shape index (κ3) is 6.98. The topological polar surface area (TPSA) is 122 Å². The number of rotatable bonds is 8. The molecule has 0 aliphatic carbocycles. The van der Waals surface area contributed by atoms with Crippen molar-refractivity contribution >= 4 is 44.9 Å². The van der Waals surface area contributed by atoms with Crippen molar-refractivity contribution in [1.82, 2.24) is 20.9 Å². The van der Waals surface area contributed by atoms with Crippen molar-refractivity contribution in [2.75, 3.05) is 13.7 Å². The fourth-order valence-corrected chi connectivity index (χ4v) is 4.01. The largest absolute Gasteiger partial charge is 0.468 e. The minimum Gasteiger partial charge on any atom is -0.468 e. The van der Waals surface area contributed by atoms with Crippen LogP contribution in [0.4, 0.5) is 0 Å². The van der Waals surface area contributed by atoms with Crippen LogP contribution in [0.3, 0.4) is 0 Å². The number of carbonyl (C=O) groups is 1. The van der Waals surface area contributed by atoms with E-state index in [1.165, 1.54) is 24.5 Å². The molecule has 1 amide bonds. The first kappa shape index (κ1) is 23.1. The first-order chi connectivity index (χ1) is 13.7. The molecule has 2 aromatic rings. The molecule has 4 N–H and O–H groups in total. The standard InChI is InChI=1S/C17H21ClN4O5S2/c1-11(10-26-2)20-17(28)22-21-16(23)12-5-6-14(18)15(8-12)29(24,25)19-9-13-4-3-7-27-13/h3-8,11,19H,9-10H2,1-2H3,(H,21,23)(H2,20,22,28)/t11-/m1/s1. The number of nitrogens with one attached hydrogen (secondary N) is 4. The van der Waals surface area contributed by atoms with Crippen LogP contribution >= 0.6 is 23.8 Å². The summed E-state index contributed by atoms with van der Waals surface area (Å²) in [6.07, 6.45) is 1.43. The van der Waals surface area contributed by atoms with E-state index in [-0.39, 0.29) is 33.2 Å². The summed E-state index contributed by atoms with van der Waals surface area (Å²) < 4.78 is 37.5. The Labute approximate surface area is 179 Å². The van der Waals surface area contributed by atoms with Gasteiger partial charge in [0.2, 0.25) is 10.0 Å². The van der Waals surface area contributed by atoms with Gasteiger partial charge in [0, 0.05) is 18.7 Å². The van der Waals surface area contributed by atoms with Gasteiger partial charge in [-0.3, -0.25) is 15.6 Å².